The first-order valence-electron chi connectivity index (χ1n) is 9.92. The van der Waals surface area contributed by atoms with Crippen LogP contribution in [0.3, 0.4) is 0 Å². The number of H-pyrrole nitrogens is 1. The van der Waals surface area contributed by atoms with E-state index in [2.05, 4.69) is 34.3 Å². The Kier molecular flexibility index (Phi) is 4.77. The third-order valence-corrected chi connectivity index (χ3v) is 6.74. The molecule has 0 fully saturated rings. The molecule has 152 valence electrons. The molecule has 7 heteroatoms. The number of hydrogen-bond donors (Lipinski definition) is 2. The van der Waals surface area contributed by atoms with Crippen molar-refractivity contribution in [2.24, 2.45) is 0 Å². The Labute approximate surface area is 182 Å². The average molecular weight is 426 g/mol. The van der Waals surface area contributed by atoms with Crippen molar-refractivity contribution in [1.82, 2.24) is 14.5 Å². The van der Waals surface area contributed by atoms with Gasteiger partial charge in [0.05, 0.1) is 17.3 Å². The van der Waals surface area contributed by atoms with Gasteiger partial charge in [-0.1, -0.05) is 0 Å². The van der Waals surface area contributed by atoms with Crippen LogP contribution in [0.5, 0.6) is 0 Å². The maximum Gasteiger partial charge on any atom is 0.125 e. The molecule has 0 aliphatic rings. The van der Waals surface area contributed by atoms with Crippen LogP contribution in [0.4, 0.5) is 11.4 Å². The molecular weight excluding hydrogens is 406 g/mol. The van der Waals surface area contributed by atoms with Gasteiger partial charge in [-0.05, 0) is 48.9 Å². The quantitative estimate of drug-likeness (QED) is 0.343. The molecule has 0 aliphatic carbocycles. The molecule has 1 atom stereocenters. The highest BCUT2D eigenvalue weighted by molar-refractivity contribution is 7.18. The number of pyridine rings is 1. The van der Waals surface area contributed by atoms with Crippen LogP contribution in [0, 0.1) is 18.3 Å². The molecule has 5 rings (SSSR count). The number of aromatic nitrogens is 3. The maximum atomic E-state index is 11.3. The number of nitriles is 1. The maximum absolute atomic E-state index is 11.3. The van der Waals surface area contributed by atoms with Crippen molar-refractivity contribution in [1.29, 1.82) is 5.26 Å². The lowest BCUT2D eigenvalue weighted by atomic mass is 10.1. The Bertz CT molecular complexity index is 1440. The molecule has 0 amide bonds. The summed E-state index contributed by atoms with van der Waals surface area (Å²) < 4.78 is 2.03. The van der Waals surface area contributed by atoms with Gasteiger partial charge in [0.2, 0.25) is 0 Å². The largest absolute Gasteiger partial charge is 0.361 e. The van der Waals surface area contributed by atoms with E-state index in [-0.39, 0.29) is 6.04 Å². The number of thiophene rings is 1. The number of rotatable bonds is 6. The first-order chi connectivity index (χ1) is 15.2. The van der Waals surface area contributed by atoms with Gasteiger partial charge in [-0.25, -0.2) is 4.98 Å². The van der Waals surface area contributed by atoms with Gasteiger partial charge >= 0.3 is 0 Å². The first-order valence-corrected chi connectivity index (χ1v) is 10.7. The van der Waals surface area contributed by atoms with Gasteiger partial charge in [-0.15, -0.1) is 11.3 Å². The van der Waals surface area contributed by atoms with E-state index in [1.807, 2.05) is 53.5 Å². The van der Waals surface area contributed by atoms with Crippen molar-refractivity contribution in [3.8, 4) is 6.07 Å². The SMILES string of the molecule is Cc1c(Nc2c(C#N)cnc3sc(C(CC=O)n4cccc4)cc23)ccc2[nH]ccc12. The second-order valence-corrected chi connectivity index (χ2v) is 8.44. The molecule has 0 spiro atoms. The third-order valence-electron chi connectivity index (χ3n) is 5.60. The molecule has 6 nitrogen and oxygen atoms in total. The minimum atomic E-state index is -0.0944. The van der Waals surface area contributed by atoms with Crippen LogP contribution in [0.1, 0.15) is 28.5 Å². The number of carbonyl (C=O) groups excluding carboxylic acids is 1. The van der Waals surface area contributed by atoms with Crippen LogP contribution in [-0.4, -0.2) is 20.8 Å². The van der Waals surface area contributed by atoms with Gasteiger partial charge in [-0.2, -0.15) is 5.26 Å². The first kappa shape index (κ1) is 19.1. The number of anilines is 2. The fourth-order valence-corrected chi connectivity index (χ4v) is 5.11. The summed E-state index contributed by atoms with van der Waals surface area (Å²) in [4.78, 5) is 21.0. The Hall–Kier alpha value is -3.89. The molecule has 0 saturated heterocycles. The lowest BCUT2D eigenvalue weighted by Gasteiger charge is -2.14. The Morgan fingerprint density at radius 2 is 2.13 bits per heavy atom. The summed E-state index contributed by atoms with van der Waals surface area (Å²) in [5.74, 6) is 0. The minimum absolute atomic E-state index is 0.0944. The zero-order valence-corrected chi connectivity index (χ0v) is 17.6. The number of aldehydes is 1. The minimum Gasteiger partial charge on any atom is -0.361 e. The van der Waals surface area contributed by atoms with Crippen molar-refractivity contribution in [2.75, 3.05) is 5.32 Å². The van der Waals surface area contributed by atoms with E-state index in [9.17, 15) is 10.1 Å². The highest BCUT2D eigenvalue weighted by Crippen LogP contribution is 2.39. The monoisotopic (exact) mass is 425 g/mol. The summed E-state index contributed by atoms with van der Waals surface area (Å²) in [6.07, 6.45) is 8.77. The number of fused-ring (bicyclic) bond motifs is 2. The summed E-state index contributed by atoms with van der Waals surface area (Å²) in [5, 5.41) is 15.2. The molecule has 31 heavy (non-hydrogen) atoms. The summed E-state index contributed by atoms with van der Waals surface area (Å²) in [6.45, 7) is 2.06. The van der Waals surface area contributed by atoms with Gasteiger partial charge in [0.25, 0.3) is 0 Å². The summed E-state index contributed by atoms with van der Waals surface area (Å²) in [7, 11) is 0. The van der Waals surface area contributed by atoms with Crippen molar-refractivity contribution in [3.63, 3.8) is 0 Å². The molecule has 4 aromatic heterocycles. The summed E-state index contributed by atoms with van der Waals surface area (Å²) in [5.41, 5.74) is 4.35. The highest BCUT2D eigenvalue weighted by Gasteiger charge is 2.19. The lowest BCUT2D eigenvalue weighted by molar-refractivity contribution is -0.108. The van der Waals surface area contributed by atoms with Crippen LogP contribution in [0.25, 0.3) is 21.1 Å². The van der Waals surface area contributed by atoms with Crippen LogP contribution in [0.2, 0.25) is 0 Å². The molecule has 5 aromatic rings. The second kappa shape index (κ2) is 7.74. The Balaban J connectivity index is 1.64. The molecule has 2 N–H and O–H groups in total. The average Bonchev–Trinajstić information content (AvgIpc) is 3.54. The summed E-state index contributed by atoms with van der Waals surface area (Å²) >= 11 is 1.55. The molecule has 1 unspecified atom stereocenters. The predicted molar refractivity (Wildman–Crippen MR) is 124 cm³/mol. The van der Waals surface area contributed by atoms with Crippen LogP contribution < -0.4 is 5.32 Å². The van der Waals surface area contributed by atoms with Gasteiger partial charge in [-0.3, -0.25) is 0 Å². The van der Waals surface area contributed by atoms with Crippen molar-refractivity contribution >= 4 is 50.1 Å². The van der Waals surface area contributed by atoms with Crippen molar-refractivity contribution in [3.05, 3.63) is 77.2 Å². The van der Waals surface area contributed by atoms with Crippen molar-refractivity contribution < 1.29 is 4.79 Å². The number of aryl methyl sites for hydroxylation is 1. The summed E-state index contributed by atoms with van der Waals surface area (Å²) in [6, 6.07) is 14.2. The molecular formula is C24H19N5OS. The van der Waals surface area contributed by atoms with Crippen LogP contribution >= 0.6 is 11.3 Å². The van der Waals surface area contributed by atoms with Crippen LogP contribution in [-0.2, 0) is 4.79 Å². The van der Waals surface area contributed by atoms with Crippen molar-refractivity contribution in [2.45, 2.75) is 19.4 Å². The number of carbonyl (C=O) groups is 1. The highest BCUT2D eigenvalue weighted by atomic mass is 32.1. The Morgan fingerprint density at radius 1 is 1.29 bits per heavy atom. The molecule has 0 aliphatic heterocycles. The van der Waals surface area contributed by atoms with E-state index in [4.69, 9.17) is 0 Å². The molecule has 0 bridgehead atoms. The Morgan fingerprint density at radius 3 is 2.90 bits per heavy atom. The second-order valence-electron chi connectivity index (χ2n) is 7.38. The predicted octanol–water partition coefficient (Wildman–Crippen LogP) is 5.68. The number of benzene rings is 1. The van der Waals surface area contributed by atoms with Gasteiger partial charge in [0.1, 0.15) is 17.2 Å². The fraction of sp³-hybridized carbons (Fsp3) is 0.125. The number of nitrogens with one attached hydrogen (secondary N) is 2. The van der Waals surface area contributed by atoms with E-state index >= 15 is 0 Å². The van der Waals surface area contributed by atoms with E-state index in [1.54, 1.807) is 17.5 Å². The zero-order valence-electron chi connectivity index (χ0n) is 16.8. The zero-order chi connectivity index (χ0) is 21.4. The van der Waals surface area contributed by atoms with Gasteiger partial charge in [0, 0.05) is 58.1 Å². The molecule has 0 radical (unpaired) electrons. The fourth-order valence-electron chi connectivity index (χ4n) is 3.98. The standard InChI is InChI=1S/C24H19N5OS/c1-15-17-6-8-26-20(17)5-4-19(15)28-23-16(13-25)14-27-24-18(23)12-22(31-24)21(7-11-30)29-9-2-3-10-29/h2-6,8-12,14,21,26H,7H2,1H3,(H,27,28). The van der Waals surface area contributed by atoms with E-state index in [0.29, 0.717) is 12.0 Å². The van der Waals surface area contributed by atoms with E-state index in [0.717, 1.165) is 49.2 Å². The third kappa shape index (κ3) is 3.27. The molecule has 1 aromatic carbocycles. The van der Waals surface area contributed by atoms with E-state index < -0.39 is 0 Å². The number of hydrogen-bond acceptors (Lipinski definition) is 5. The van der Waals surface area contributed by atoms with Crippen LogP contribution in [0.15, 0.2) is 61.2 Å². The molecule has 4 heterocycles. The number of aromatic amines is 1. The smallest absolute Gasteiger partial charge is 0.125 e. The lowest BCUT2D eigenvalue weighted by Crippen LogP contribution is -2.07. The van der Waals surface area contributed by atoms with E-state index in [1.165, 1.54) is 0 Å². The number of nitrogens with zero attached hydrogens (tertiary/aromatic N) is 3. The normalized spacial score (nSPS) is 12.1. The van der Waals surface area contributed by atoms with Gasteiger partial charge < -0.3 is 19.7 Å². The van der Waals surface area contributed by atoms with Gasteiger partial charge in [0.15, 0.2) is 0 Å². The molecule has 0 saturated carbocycles. The topological polar surface area (TPSA) is 86.5 Å².